The third kappa shape index (κ3) is 5.22. The summed E-state index contributed by atoms with van der Waals surface area (Å²) in [7, 11) is -4.31. The van der Waals surface area contributed by atoms with Crippen molar-refractivity contribution in [1.29, 1.82) is 0 Å². The molecule has 3 aliphatic rings. The number of para-hydroxylation sites is 1. The van der Waals surface area contributed by atoms with E-state index in [0.29, 0.717) is 11.2 Å². The zero-order valence-corrected chi connectivity index (χ0v) is 23.4. The van der Waals surface area contributed by atoms with Crippen LogP contribution in [0.4, 0.5) is 5.82 Å². The lowest BCUT2D eigenvalue weighted by molar-refractivity contribution is -0.152. The molecule has 3 fully saturated rings. The molecule has 1 unspecified atom stereocenters. The number of fused-ring (bicyclic) bond motifs is 2. The maximum absolute atomic E-state index is 14.2. The van der Waals surface area contributed by atoms with Gasteiger partial charge in [0, 0.05) is 0 Å². The van der Waals surface area contributed by atoms with Gasteiger partial charge >= 0.3 is 13.7 Å². The average Bonchev–Trinajstić information content (AvgIpc) is 3.23. The van der Waals surface area contributed by atoms with Gasteiger partial charge in [0.1, 0.15) is 54.2 Å². The number of aliphatic hydroxyl groups excluding tert-OH is 1. The van der Waals surface area contributed by atoms with Crippen LogP contribution in [-0.4, -0.2) is 66.8 Å². The summed E-state index contributed by atoms with van der Waals surface area (Å²) in [5.41, 5.74) is 5.02. The van der Waals surface area contributed by atoms with Crippen LogP contribution in [0, 0.1) is 0 Å². The third-order valence-electron chi connectivity index (χ3n) is 8.00. The smallest absolute Gasteiger partial charge is 0.459 e. The number of aromatic nitrogens is 3. The number of esters is 1. The highest BCUT2D eigenvalue weighted by molar-refractivity contribution is 7.52. The Hall–Kier alpha value is -3.06. The second-order valence-corrected chi connectivity index (χ2v) is 12.4. The summed E-state index contributed by atoms with van der Waals surface area (Å²) in [6.07, 6.45) is 1.40. The van der Waals surface area contributed by atoms with Crippen molar-refractivity contribution < 1.29 is 38.1 Å². The molecule has 1 aromatic carbocycles. The van der Waals surface area contributed by atoms with Gasteiger partial charge in [0.05, 0.1) is 5.69 Å². The zero-order valence-electron chi connectivity index (χ0n) is 22.5. The van der Waals surface area contributed by atoms with E-state index in [2.05, 4.69) is 15.2 Å². The standard InChI is InChI=1S/C27H34N5O8P/c1-2-18(26(34)37-16-9-5-3-6-10-16)31-41(36,39-17-11-7-4-8-12-17)40-24-23-27(24,35)22(33)21(38-23)19-13-14-20-25(28)29-15-30-32(19)20/h4,7-8,11-16,18,21-24,33,35H,2-3,5-6,9-10H2,1H3,(H,31,36)(H2,28,29,30)/t18-,21-,22-,23+,24?,27-,41-/m0/s1. The number of hydrogen-bond donors (Lipinski definition) is 4. The lowest BCUT2D eigenvalue weighted by Gasteiger charge is -2.28. The molecule has 220 valence electrons. The number of carbonyl (C=O) groups is 1. The van der Waals surface area contributed by atoms with E-state index >= 15 is 0 Å². The first-order valence-electron chi connectivity index (χ1n) is 13.9. The molecule has 2 aliphatic carbocycles. The molecular formula is C27H34N5O8P. The minimum absolute atomic E-state index is 0.183. The predicted octanol–water partition coefficient (Wildman–Crippen LogP) is 2.67. The summed E-state index contributed by atoms with van der Waals surface area (Å²) in [4.78, 5) is 17.0. The second-order valence-electron chi connectivity index (χ2n) is 10.7. The van der Waals surface area contributed by atoms with Crippen LogP contribution in [0.3, 0.4) is 0 Å². The summed E-state index contributed by atoms with van der Waals surface area (Å²) in [6, 6.07) is 10.7. The van der Waals surface area contributed by atoms with Crippen molar-refractivity contribution in [1.82, 2.24) is 19.7 Å². The van der Waals surface area contributed by atoms with Crippen LogP contribution >= 0.6 is 7.75 Å². The molecule has 0 spiro atoms. The Bertz CT molecular complexity index is 1450. The first kappa shape index (κ1) is 28.1. The first-order valence-corrected chi connectivity index (χ1v) is 15.4. The topological polar surface area (TPSA) is 180 Å². The van der Waals surface area contributed by atoms with E-state index < -0.39 is 49.8 Å². The largest absolute Gasteiger partial charge is 0.461 e. The van der Waals surface area contributed by atoms with Crippen LogP contribution in [-0.2, 0) is 23.4 Å². The monoisotopic (exact) mass is 587 g/mol. The zero-order chi connectivity index (χ0) is 28.8. The van der Waals surface area contributed by atoms with Crippen LogP contribution in [0.1, 0.15) is 57.2 Å². The van der Waals surface area contributed by atoms with Gasteiger partial charge in [0.25, 0.3) is 0 Å². The molecule has 14 heteroatoms. The lowest BCUT2D eigenvalue weighted by atomic mass is 9.98. The molecular weight excluding hydrogens is 553 g/mol. The minimum Gasteiger partial charge on any atom is -0.461 e. The molecule has 0 bridgehead atoms. The van der Waals surface area contributed by atoms with E-state index in [4.69, 9.17) is 24.3 Å². The highest BCUT2D eigenvalue weighted by Gasteiger charge is 2.79. The number of nitrogens with zero attached hydrogens (tertiary/aromatic N) is 3. The van der Waals surface area contributed by atoms with Crippen LogP contribution in [0.25, 0.3) is 5.52 Å². The Morgan fingerprint density at radius 1 is 1.24 bits per heavy atom. The number of hydrogen-bond acceptors (Lipinski definition) is 11. The van der Waals surface area contributed by atoms with E-state index in [0.717, 1.165) is 32.1 Å². The van der Waals surface area contributed by atoms with Gasteiger partial charge in [-0.2, -0.15) is 10.2 Å². The summed E-state index contributed by atoms with van der Waals surface area (Å²) in [6.45, 7) is 1.75. The molecule has 3 heterocycles. The highest BCUT2D eigenvalue weighted by Crippen LogP contribution is 2.61. The normalized spacial score (nSPS) is 29.9. The van der Waals surface area contributed by atoms with E-state index in [1.165, 1.54) is 10.8 Å². The number of carbonyl (C=O) groups excluding carboxylic acids is 1. The van der Waals surface area contributed by atoms with Gasteiger partial charge in [-0.3, -0.25) is 9.32 Å². The molecule has 0 radical (unpaired) electrons. The number of nitrogens with one attached hydrogen (secondary N) is 1. The molecule has 1 saturated heterocycles. The quantitative estimate of drug-likeness (QED) is 0.202. The Morgan fingerprint density at radius 3 is 2.68 bits per heavy atom. The van der Waals surface area contributed by atoms with E-state index in [9.17, 15) is 19.6 Å². The van der Waals surface area contributed by atoms with Crippen molar-refractivity contribution in [3.63, 3.8) is 0 Å². The lowest BCUT2D eigenvalue weighted by Crippen LogP contribution is -2.40. The van der Waals surface area contributed by atoms with Gasteiger partial charge in [-0.1, -0.05) is 31.5 Å². The molecule has 41 heavy (non-hydrogen) atoms. The van der Waals surface area contributed by atoms with Gasteiger partial charge < -0.3 is 29.9 Å². The van der Waals surface area contributed by atoms with Crippen molar-refractivity contribution in [2.75, 3.05) is 5.73 Å². The number of nitrogens with two attached hydrogens (primary N) is 1. The Kier molecular flexibility index (Phi) is 7.52. The van der Waals surface area contributed by atoms with Crippen molar-refractivity contribution in [2.24, 2.45) is 0 Å². The van der Waals surface area contributed by atoms with E-state index in [1.807, 2.05) is 0 Å². The summed E-state index contributed by atoms with van der Waals surface area (Å²) >= 11 is 0. The van der Waals surface area contributed by atoms with Gasteiger partial charge in [-0.15, -0.1) is 0 Å². The number of anilines is 1. The average molecular weight is 588 g/mol. The maximum Gasteiger partial charge on any atom is 0.459 e. The Morgan fingerprint density at radius 2 is 2.00 bits per heavy atom. The predicted molar refractivity (Wildman–Crippen MR) is 146 cm³/mol. The van der Waals surface area contributed by atoms with Gasteiger partial charge in [-0.25, -0.2) is 14.1 Å². The first-order chi connectivity index (χ1) is 19.7. The van der Waals surface area contributed by atoms with Gasteiger partial charge in [0.2, 0.25) is 0 Å². The van der Waals surface area contributed by atoms with Crippen molar-refractivity contribution >= 4 is 25.1 Å². The van der Waals surface area contributed by atoms with E-state index in [1.54, 1.807) is 49.4 Å². The summed E-state index contributed by atoms with van der Waals surface area (Å²) in [5, 5.41) is 29.4. The van der Waals surface area contributed by atoms with Crippen LogP contribution < -0.4 is 15.3 Å². The van der Waals surface area contributed by atoms with Crippen LogP contribution in [0.2, 0.25) is 0 Å². The molecule has 13 nitrogen and oxygen atoms in total. The number of aliphatic hydroxyl groups is 2. The second kappa shape index (κ2) is 11.0. The fraction of sp³-hybridized carbons (Fsp3) is 0.519. The number of benzene rings is 1. The van der Waals surface area contributed by atoms with Gasteiger partial charge in [-0.05, 0) is 56.4 Å². The van der Waals surface area contributed by atoms with Crippen LogP contribution in [0.15, 0.2) is 48.8 Å². The van der Waals surface area contributed by atoms with E-state index in [-0.39, 0.29) is 24.1 Å². The van der Waals surface area contributed by atoms with Crippen LogP contribution in [0.5, 0.6) is 5.75 Å². The molecule has 1 aliphatic heterocycles. The summed E-state index contributed by atoms with van der Waals surface area (Å²) in [5.74, 6) is -0.0680. The van der Waals surface area contributed by atoms with Crippen molar-refractivity contribution in [3.05, 3.63) is 54.5 Å². The fourth-order valence-electron chi connectivity index (χ4n) is 5.66. The molecule has 0 amide bonds. The molecule has 3 aromatic rings. The molecule has 6 rings (SSSR count). The van der Waals surface area contributed by atoms with Crippen molar-refractivity contribution in [3.8, 4) is 5.75 Å². The number of nitrogen functional groups attached to an aromatic ring is 1. The Labute approximate surface area is 236 Å². The highest BCUT2D eigenvalue weighted by atomic mass is 31.2. The SMILES string of the molecule is CC[C@H](N[P@](=O)(Oc1ccccc1)OC1[C@H]2O[C@@H](c3ccc4c(N)ncnn34)[C@H](O)[C@@]12O)C(=O)OC1CCCCC1. The molecule has 7 atom stereocenters. The molecule has 5 N–H and O–H groups in total. The molecule has 2 saturated carbocycles. The van der Waals surface area contributed by atoms with Gasteiger partial charge in [0.15, 0.2) is 11.4 Å². The minimum atomic E-state index is -4.31. The third-order valence-corrected chi connectivity index (χ3v) is 9.58. The molecule has 2 aromatic heterocycles. The Balaban J connectivity index is 1.20. The summed E-state index contributed by atoms with van der Waals surface area (Å²) < 4.78 is 39.0. The number of ether oxygens (including phenoxy) is 2. The fourth-order valence-corrected chi connectivity index (χ4v) is 7.47. The number of rotatable bonds is 10. The van der Waals surface area contributed by atoms with Crippen molar-refractivity contribution in [2.45, 2.75) is 87.6 Å². The maximum atomic E-state index is 14.2.